The van der Waals surface area contributed by atoms with Gasteiger partial charge in [-0.3, -0.25) is 24.6 Å². The second kappa shape index (κ2) is 6.90. The van der Waals surface area contributed by atoms with Crippen LogP contribution < -0.4 is 0 Å². The summed E-state index contributed by atoms with van der Waals surface area (Å²) in [5.74, 6) is -0.384. The molecule has 0 aromatic heterocycles. The molecule has 25 heavy (non-hydrogen) atoms. The maximum Gasteiger partial charge on any atom is 0.293 e. The van der Waals surface area contributed by atoms with Gasteiger partial charge in [0.1, 0.15) is 0 Å². The summed E-state index contributed by atoms with van der Waals surface area (Å²) in [4.78, 5) is 36.5. The van der Waals surface area contributed by atoms with Crippen LogP contribution in [0, 0.1) is 17.0 Å². The zero-order valence-electron chi connectivity index (χ0n) is 13.3. The van der Waals surface area contributed by atoms with Crippen molar-refractivity contribution in [3.8, 4) is 0 Å². The van der Waals surface area contributed by atoms with E-state index < -0.39 is 4.92 Å². The van der Waals surface area contributed by atoms with Crippen LogP contribution in [0.2, 0.25) is 0 Å². The average Bonchev–Trinajstić information content (AvgIpc) is 2.85. The van der Waals surface area contributed by atoms with Crippen LogP contribution in [-0.2, 0) is 11.3 Å². The number of hydrogen-bond acceptors (Lipinski definition) is 5. The number of carbonyl (C=O) groups excluding carboxylic acids is 2. The lowest BCUT2D eigenvalue weighted by atomic mass is 10.1. The van der Waals surface area contributed by atoms with Crippen molar-refractivity contribution in [1.29, 1.82) is 0 Å². The Hall–Kier alpha value is -2.93. The standard InChI is InChI=1S/C18H14N2O4S/c1-12-5-2-3-7-14(12)10-16-17(21)19(18(22)25-16)11-13-6-4-8-15(9-13)20(23)24/h2-10H,11H2,1H3/b16-10-. The Morgan fingerprint density at radius 1 is 1.16 bits per heavy atom. The van der Waals surface area contributed by atoms with Gasteiger partial charge in [-0.15, -0.1) is 0 Å². The van der Waals surface area contributed by atoms with Crippen LogP contribution >= 0.6 is 11.8 Å². The molecule has 0 bridgehead atoms. The molecule has 7 heteroatoms. The smallest absolute Gasteiger partial charge is 0.268 e. The van der Waals surface area contributed by atoms with Crippen molar-refractivity contribution in [3.05, 3.63) is 80.2 Å². The zero-order chi connectivity index (χ0) is 18.0. The molecule has 0 saturated carbocycles. The third kappa shape index (κ3) is 3.61. The van der Waals surface area contributed by atoms with Gasteiger partial charge < -0.3 is 0 Å². The van der Waals surface area contributed by atoms with E-state index >= 15 is 0 Å². The largest absolute Gasteiger partial charge is 0.293 e. The van der Waals surface area contributed by atoms with Crippen molar-refractivity contribution in [1.82, 2.24) is 4.90 Å². The molecule has 0 N–H and O–H groups in total. The molecule has 2 aromatic rings. The number of nitro groups is 1. The van der Waals surface area contributed by atoms with Crippen molar-refractivity contribution < 1.29 is 14.5 Å². The van der Waals surface area contributed by atoms with Gasteiger partial charge in [-0.25, -0.2) is 0 Å². The molecular weight excluding hydrogens is 340 g/mol. The summed E-state index contributed by atoms with van der Waals surface area (Å²) in [7, 11) is 0. The van der Waals surface area contributed by atoms with Crippen LogP contribution in [0.3, 0.4) is 0 Å². The summed E-state index contributed by atoms with van der Waals surface area (Å²) < 4.78 is 0. The number of nitro benzene ring substituents is 1. The zero-order valence-corrected chi connectivity index (χ0v) is 14.2. The Morgan fingerprint density at radius 2 is 1.92 bits per heavy atom. The van der Waals surface area contributed by atoms with E-state index in [4.69, 9.17) is 0 Å². The summed E-state index contributed by atoms with van der Waals surface area (Å²) in [5, 5.41) is 10.5. The highest BCUT2D eigenvalue weighted by atomic mass is 32.2. The van der Waals surface area contributed by atoms with E-state index in [-0.39, 0.29) is 23.4 Å². The van der Waals surface area contributed by atoms with Gasteiger partial charge >= 0.3 is 0 Å². The van der Waals surface area contributed by atoms with Crippen molar-refractivity contribution >= 4 is 34.7 Å². The van der Waals surface area contributed by atoms with Gasteiger partial charge in [-0.1, -0.05) is 36.4 Å². The van der Waals surface area contributed by atoms with Crippen molar-refractivity contribution in [2.75, 3.05) is 0 Å². The lowest BCUT2D eigenvalue weighted by Gasteiger charge is -2.12. The monoisotopic (exact) mass is 354 g/mol. The van der Waals surface area contributed by atoms with Crippen LogP contribution in [0.1, 0.15) is 16.7 Å². The molecule has 6 nitrogen and oxygen atoms in total. The van der Waals surface area contributed by atoms with E-state index in [1.165, 1.54) is 18.2 Å². The maximum absolute atomic E-state index is 12.5. The van der Waals surface area contributed by atoms with E-state index in [0.29, 0.717) is 10.5 Å². The van der Waals surface area contributed by atoms with Gasteiger partial charge in [0.15, 0.2) is 0 Å². The van der Waals surface area contributed by atoms with Gasteiger partial charge in [0.25, 0.3) is 16.8 Å². The normalized spacial score (nSPS) is 15.9. The van der Waals surface area contributed by atoms with Crippen LogP contribution in [0.4, 0.5) is 10.5 Å². The molecule has 1 aliphatic rings. The number of rotatable bonds is 4. The Kier molecular flexibility index (Phi) is 4.67. The molecule has 2 amide bonds. The summed E-state index contributed by atoms with van der Waals surface area (Å²) in [5.41, 5.74) is 2.35. The predicted octanol–water partition coefficient (Wildman–Crippen LogP) is 4.14. The summed E-state index contributed by atoms with van der Waals surface area (Å²) >= 11 is 0.880. The van der Waals surface area contributed by atoms with Crippen LogP contribution in [0.15, 0.2) is 53.4 Å². The molecular formula is C18H14N2O4S. The first kappa shape index (κ1) is 16.9. The molecule has 0 spiro atoms. The lowest BCUT2D eigenvalue weighted by Crippen LogP contribution is -2.27. The molecule has 0 atom stereocenters. The highest BCUT2D eigenvalue weighted by molar-refractivity contribution is 8.18. The minimum atomic E-state index is -0.505. The molecule has 2 aromatic carbocycles. The Balaban J connectivity index is 1.84. The summed E-state index contributed by atoms with van der Waals surface area (Å²) in [6.07, 6.45) is 1.70. The highest BCUT2D eigenvalue weighted by Gasteiger charge is 2.35. The first-order valence-electron chi connectivity index (χ1n) is 7.50. The van der Waals surface area contributed by atoms with Crippen LogP contribution in [-0.4, -0.2) is 21.0 Å². The molecule has 126 valence electrons. The molecule has 0 aliphatic carbocycles. The SMILES string of the molecule is Cc1ccccc1/C=C1\SC(=O)N(Cc2cccc([N+](=O)[O-])c2)C1=O. The third-order valence-electron chi connectivity index (χ3n) is 3.81. The number of thioether (sulfide) groups is 1. The number of carbonyl (C=O) groups is 2. The van der Waals surface area contributed by atoms with Gasteiger partial charge in [-0.2, -0.15) is 0 Å². The van der Waals surface area contributed by atoms with Crippen LogP contribution in [0.5, 0.6) is 0 Å². The average molecular weight is 354 g/mol. The first-order valence-corrected chi connectivity index (χ1v) is 8.31. The third-order valence-corrected chi connectivity index (χ3v) is 4.72. The first-order chi connectivity index (χ1) is 12.0. The van der Waals surface area contributed by atoms with E-state index in [1.54, 1.807) is 12.1 Å². The molecule has 0 radical (unpaired) electrons. The quantitative estimate of drug-likeness (QED) is 0.468. The van der Waals surface area contributed by atoms with Gasteiger partial charge in [0, 0.05) is 12.1 Å². The predicted molar refractivity (Wildman–Crippen MR) is 95.8 cm³/mol. The Morgan fingerprint density at radius 3 is 2.64 bits per heavy atom. The number of imide groups is 1. The maximum atomic E-state index is 12.5. The number of benzene rings is 2. The van der Waals surface area contributed by atoms with Crippen molar-refractivity contribution in [2.45, 2.75) is 13.5 Å². The summed E-state index contributed by atoms with van der Waals surface area (Å²) in [6.45, 7) is 1.94. The number of non-ortho nitro benzene ring substituents is 1. The molecule has 1 heterocycles. The minimum absolute atomic E-state index is 0.0114. The number of amides is 2. The van der Waals surface area contributed by atoms with E-state index in [1.807, 2.05) is 31.2 Å². The fourth-order valence-electron chi connectivity index (χ4n) is 2.48. The molecule has 1 aliphatic heterocycles. The summed E-state index contributed by atoms with van der Waals surface area (Å²) in [6, 6.07) is 13.5. The molecule has 0 unspecified atom stereocenters. The highest BCUT2D eigenvalue weighted by Crippen LogP contribution is 2.34. The Bertz CT molecular complexity index is 907. The van der Waals surface area contributed by atoms with Gasteiger partial charge in [0.2, 0.25) is 0 Å². The number of aryl methyl sites for hydroxylation is 1. The minimum Gasteiger partial charge on any atom is -0.268 e. The molecule has 3 rings (SSSR count). The topological polar surface area (TPSA) is 80.5 Å². The van der Waals surface area contributed by atoms with Gasteiger partial charge in [-0.05, 0) is 41.5 Å². The molecule has 1 fully saturated rings. The lowest BCUT2D eigenvalue weighted by molar-refractivity contribution is -0.384. The second-order valence-corrected chi connectivity index (χ2v) is 6.54. The number of nitrogens with zero attached hydrogens (tertiary/aromatic N) is 2. The van der Waals surface area contributed by atoms with Gasteiger partial charge in [0.05, 0.1) is 16.4 Å². The Labute approximate surface area is 148 Å². The fraction of sp³-hybridized carbons (Fsp3) is 0.111. The van der Waals surface area contributed by atoms with Crippen LogP contribution in [0.25, 0.3) is 6.08 Å². The second-order valence-electron chi connectivity index (χ2n) is 5.55. The fourth-order valence-corrected chi connectivity index (χ4v) is 3.31. The number of hydrogen-bond donors (Lipinski definition) is 0. The van der Waals surface area contributed by atoms with E-state index in [0.717, 1.165) is 27.8 Å². The van der Waals surface area contributed by atoms with E-state index in [2.05, 4.69) is 0 Å². The molecule has 1 saturated heterocycles. The van der Waals surface area contributed by atoms with Crippen molar-refractivity contribution in [2.24, 2.45) is 0 Å². The van der Waals surface area contributed by atoms with Crippen molar-refractivity contribution in [3.63, 3.8) is 0 Å². The van der Waals surface area contributed by atoms with E-state index in [9.17, 15) is 19.7 Å².